The molecule has 2 atom stereocenters. The Morgan fingerprint density at radius 1 is 1.13 bits per heavy atom. The van der Waals surface area contributed by atoms with Crippen molar-refractivity contribution in [3.05, 3.63) is 83.0 Å². The predicted octanol–water partition coefficient (Wildman–Crippen LogP) is 4.03. The number of sulfonamides is 1. The number of aryl methyl sites for hydroxylation is 1. The average molecular weight is 439 g/mol. The Morgan fingerprint density at radius 3 is 2.48 bits per heavy atom. The van der Waals surface area contributed by atoms with E-state index in [0.717, 1.165) is 23.2 Å². The Bertz CT molecular complexity index is 1160. The number of aromatic nitrogens is 2. The molecular weight excluding hydrogens is 412 g/mol. The summed E-state index contributed by atoms with van der Waals surface area (Å²) in [7, 11) is -3.49. The van der Waals surface area contributed by atoms with Crippen LogP contribution in [0, 0.1) is 6.92 Å². The van der Waals surface area contributed by atoms with E-state index in [2.05, 4.69) is 15.5 Å². The molecule has 31 heavy (non-hydrogen) atoms. The first-order valence-corrected chi connectivity index (χ1v) is 11.8. The van der Waals surface area contributed by atoms with Crippen LogP contribution in [-0.2, 0) is 16.6 Å². The maximum atomic E-state index is 13.4. The third-order valence-corrected chi connectivity index (χ3v) is 8.07. The molecule has 1 aliphatic heterocycles. The minimum atomic E-state index is -3.49. The van der Waals surface area contributed by atoms with Gasteiger partial charge in [-0.3, -0.25) is 9.89 Å². The van der Waals surface area contributed by atoms with E-state index in [1.165, 1.54) is 0 Å². The van der Waals surface area contributed by atoms with Gasteiger partial charge in [0.25, 0.3) is 5.91 Å². The fourth-order valence-corrected chi connectivity index (χ4v) is 6.16. The highest BCUT2D eigenvalue weighted by atomic mass is 32.2. The summed E-state index contributed by atoms with van der Waals surface area (Å²) in [5, 5.41) is 9.00. The first kappa shape index (κ1) is 21.3. The van der Waals surface area contributed by atoms with E-state index >= 15 is 0 Å². The quantitative estimate of drug-likeness (QED) is 0.629. The lowest BCUT2D eigenvalue weighted by molar-refractivity contribution is 0.102. The zero-order valence-corrected chi connectivity index (χ0v) is 18.4. The van der Waals surface area contributed by atoms with Crippen LogP contribution in [0.2, 0.25) is 0 Å². The van der Waals surface area contributed by atoms with Crippen LogP contribution in [0.4, 0.5) is 5.82 Å². The van der Waals surface area contributed by atoms with Crippen molar-refractivity contribution in [1.29, 1.82) is 0 Å². The molecule has 1 saturated heterocycles. The van der Waals surface area contributed by atoms with Crippen molar-refractivity contribution >= 4 is 21.7 Å². The molecule has 162 valence electrons. The van der Waals surface area contributed by atoms with Crippen molar-refractivity contribution in [3.8, 4) is 0 Å². The maximum absolute atomic E-state index is 13.4. The van der Waals surface area contributed by atoms with Gasteiger partial charge in [-0.25, -0.2) is 8.42 Å². The van der Waals surface area contributed by atoms with Gasteiger partial charge in [0.2, 0.25) is 10.0 Å². The number of anilines is 1. The summed E-state index contributed by atoms with van der Waals surface area (Å²) in [6.45, 7) is 4.09. The number of rotatable bonds is 5. The predicted molar refractivity (Wildman–Crippen MR) is 120 cm³/mol. The van der Waals surface area contributed by atoms with E-state index in [9.17, 15) is 13.2 Å². The summed E-state index contributed by atoms with van der Waals surface area (Å²) in [6.07, 6.45) is 1.43. The number of H-pyrrole nitrogens is 1. The third kappa shape index (κ3) is 4.55. The Hall–Kier alpha value is -2.97. The van der Waals surface area contributed by atoms with Crippen LogP contribution in [0.25, 0.3) is 0 Å². The molecule has 0 bridgehead atoms. The summed E-state index contributed by atoms with van der Waals surface area (Å²) in [4.78, 5) is 12.4. The second kappa shape index (κ2) is 8.64. The van der Waals surface area contributed by atoms with Crippen molar-refractivity contribution < 1.29 is 13.2 Å². The summed E-state index contributed by atoms with van der Waals surface area (Å²) in [6, 6.07) is 18.1. The van der Waals surface area contributed by atoms with E-state index in [1.54, 1.807) is 34.6 Å². The van der Waals surface area contributed by atoms with E-state index < -0.39 is 15.3 Å². The molecular formula is C23H26N4O3S. The number of hydrogen-bond donors (Lipinski definition) is 2. The van der Waals surface area contributed by atoms with E-state index in [1.807, 2.05) is 44.2 Å². The Morgan fingerprint density at radius 2 is 1.84 bits per heavy atom. The summed E-state index contributed by atoms with van der Waals surface area (Å²) >= 11 is 0. The topological polar surface area (TPSA) is 95.2 Å². The number of aromatic amines is 1. The van der Waals surface area contributed by atoms with Crippen LogP contribution in [-0.4, -0.2) is 34.9 Å². The molecule has 2 heterocycles. The number of nitrogens with zero attached hydrogens (tertiary/aromatic N) is 2. The highest BCUT2D eigenvalue weighted by Gasteiger charge is 2.40. The minimum absolute atomic E-state index is 0.0733. The van der Waals surface area contributed by atoms with Gasteiger partial charge in [0, 0.05) is 29.9 Å². The van der Waals surface area contributed by atoms with Gasteiger partial charge in [-0.2, -0.15) is 9.40 Å². The molecule has 1 aliphatic rings. The summed E-state index contributed by atoms with van der Waals surface area (Å²) in [5.41, 5.74) is 3.02. The summed E-state index contributed by atoms with van der Waals surface area (Å²) < 4.78 is 28.3. The lowest BCUT2D eigenvalue weighted by Gasteiger charge is -2.37. The van der Waals surface area contributed by atoms with Crippen LogP contribution in [0.5, 0.6) is 0 Å². The fourth-order valence-electron chi connectivity index (χ4n) is 3.96. The molecule has 7 nitrogen and oxygen atoms in total. The number of benzene rings is 2. The van der Waals surface area contributed by atoms with Crippen molar-refractivity contribution in [2.45, 2.75) is 44.5 Å². The van der Waals surface area contributed by atoms with Crippen LogP contribution in [0.1, 0.15) is 52.2 Å². The van der Waals surface area contributed by atoms with Crippen molar-refractivity contribution in [2.24, 2.45) is 0 Å². The monoisotopic (exact) mass is 438 g/mol. The lowest BCUT2D eigenvalue weighted by Crippen LogP contribution is -2.44. The van der Waals surface area contributed by atoms with Crippen LogP contribution in [0.15, 0.2) is 60.7 Å². The van der Waals surface area contributed by atoms with E-state index in [-0.39, 0.29) is 18.5 Å². The molecule has 2 N–H and O–H groups in total. The highest BCUT2D eigenvalue weighted by molar-refractivity contribution is 7.89. The third-order valence-electron chi connectivity index (χ3n) is 5.70. The standard InChI is InChI=1S/C23H26N4O3S/c1-16-14-22(26-25-16)24-23(28)20-11-9-18(10-12-20)15-27-17(2)8-13-21(31(27,29)30)19-6-4-3-5-7-19/h3-7,9-12,14,17,21H,8,13,15H2,1-2H3,(H2,24,25,26,28)/t17-,21?/m0/s1. The molecule has 0 aliphatic carbocycles. The highest BCUT2D eigenvalue weighted by Crippen LogP contribution is 2.38. The molecule has 3 aromatic rings. The van der Waals surface area contributed by atoms with Crippen molar-refractivity contribution in [1.82, 2.24) is 14.5 Å². The minimum Gasteiger partial charge on any atom is -0.305 e. The Kier molecular flexibility index (Phi) is 5.93. The molecule has 0 saturated carbocycles. The molecule has 1 fully saturated rings. The zero-order valence-electron chi connectivity index (χ0n) is 17.6. The summed E-state index contributed by atoms with van der Waals surface area (Å²) in [5.74, 6) is 0.202. The molecule has 0 radical (unpaired) electrons. The number of amides is 1. The van der Waals surface area contributed by atoms with Crippen molar-refractivity contribution in [3.63, 3.8) is 0 Å². The van der Waals surface area contributed by atoms with Crippen LogP contribution in [0.3, 0.4) is 0 Å². The molecule has 1 unspecified atom stereocenters. The van der Waals surface area contributed by atoms with E-state index in [0.29, 0.717) is 17.8 Å². The van der Waals surface area contributed by atoms with E-state index in [4.69, 9.17) is 0 Å². The van der Waals surface area contributed by atoms with Crippen molar-refractivity contribution in [2.75, 3.05) is 5.32 Å². The number of nitrogens with one attached hydrogen (secondary N) is 2. The second-order valence-corrected chi connectivity index (χ2v) is 10.1. The smallest absolute Gasteiger partial charge is 0.256 e. The Labute approximate surface area is 182 Å². The fraction of sp³-hybridized carbons (Fsp3) is 0.304. The molecule has 0 spiro atoms. The van der Waals surface area contributed by atoms with Gasteiger partial charge < -0.3 is 5.32 Å². The SMILES string of the molecule is Cc1cc(NC(=O)c2ccc(CN3[C@@H](C)CCC(c4ccccc4)S3(=O)=O)cc2)n[nH]1. The van der Waals surface area contributed by atoms with Gasteiger partial charge in [-0.1, -0.05) is 42.5 Å². The van der Waals surface area contributed by atoms with Crippen LogP contribution < -0.4 is 5.32 Å². The Balaban J connectivity index is 1.49. The molecule has 2 aromatic carbocycles. The van der Waals surface area contributed by atoms with Crippen LogP contribution >= 0.6 is 0 Å². The normalized spacial score (nSPS) is 21.0. The van der Waals surface area contributed by atoms with Gasteiger partial charge in [-0.15, -0.1) is 0 Å². The average Bonchev–Trinajstić information content (AvgIpc) is 3.16. The van der Waals surface area contributed by atoms with Gasteiger partial charge in [0.15, 0.2) is 5.82 Å². The molecule has 4 rings (SSSR count). The zero-order chi connectivity index (χ0) is 22.0. The van der Waals surface area contributed by atoms with Gasteiger partial charge >= 0.3 is 0 Å². The molecule has 1 aromatic heterocycles. The molecule has 1 amide bonds. The molecule has 8 heteroatoms. The number of carbonyl (C=O) groups excluding carboxylic acids is 1. The van der Waals surface area contributed by atoms with Gasteiger partial charge in [0.1, 0.15) is 5.25 Å². The maximum Gasteiger partial charge on any atom is 0.256 e. The first-order valence-electron chi connectivity index (χ1n) is 10.3. The number of hydrogen-bond acceptors (Lipinski definition) is 4. The number of carbonyl (C=O) groups is 1. The first-order chi connectivity index (χ1) is 14.8. The second-order valence-electron chi connectivity index (χ2n) is 8.00. The lowest BCUT2D eigenvalue weighted by atomic mass is 10.0. The largest absolute Gasteiger partial charge is 0.305 e. The van der Waals surface area contributed by atoms with Gasteiger partial charge in [-0.05, 0) is 49.9 Å². The van der Waals surface area contributed by atoms with Gasteiger partial charge in [0.05, 0.1) is 0 Å².